The molecular formula is C8H4O2. The zero-order valence-corrected chi connectivity index (χ0v) is 5.13. The van der Waals surface area contributed by atoms with Crippen LogP contribution in [0.5, 0.6) is 0 Å². The molecule has 2 rings (SSSR count). The quantitative estimate of drug-likeness (QED) is 0.473. The molecule has 0 aliphatic heterocycles. The van der Waals surface area contributed by atoms with Crippen LogP contribution in [0.1, 0.15) is 0 Å². The highest BCUT2D eigenvalue weighted by atomic mass is 16.2. The van der Waals surface area contributed by atoms with Crippen molar-refractivity contribution in [1.82, 2.24) is 0 Å². The Labute approximate surface area is 56.1 Å². The fourth-order valence-electron chi connectivity index (χ4n) is 0.989. The van der Waals surface area contributed by atoms with E-state index < -0.39 is 5.43 Å². The Morgan fingerprint density at radius 1 is 0.900 bits per heavy atom. The standard InChI is InChI=1S/C8H4O2/c9-7-4-2-5-1-3-6(5)8(7)10/h1-4H. The first kappa shape index (κ1) is 5.35. The Morgan fingerprint density at radius 3 is 2.10 bits per heavy atom. The zero-order chi connectivity index (χ0) is 7.14. The minimum atomic E-state index is -0.414. The van der Waals surface area contributed by atoms with Gasteiger partial charge in [0.15, 0.2) is 0 Å². The summed E-state index contributed by atoms with van der Waals surface area (Å²) in [4.78, 5) is 21.6. The van der Waals surface area contributed by atoms with E-state index in [1.54, 1.807) is 12.1 Å². The Morgan fingerprint density at radius 2 is 1.60 bits per heavy atom. The highest BCUT2D eigenvalue weighted by Crippen LogP contribution is 1.94. The van der Waals surface area contributed by atoms with Crippen LogP contribution in [0.4, 0.5) is 0 Å². The summed E-state index contributed by atoms with van der Waals surface area (Å²) >= 11 is 0. The molecule has 2 heteroatoms. The molecule has 0 N–H and O–H groups in total. The van der Waals surface area contributed by atoms with Crippen LogP contribution in [0.15, 0.2) is 33.9 Å². The van der Waals surface area contributed by atoms with Crippen molar-refractivity contribution in [2.24, 2.45) is 0 Å². The maximum absolute atomic E-state index is 10.9. The van der Waals surface area contributed by atoms with E-state index in [-0.39, 0.29) is 5.43 Å². The molecule has 10 heavy (non-hydrogen) atoms. The lowest BCUT2D eigenvalue weighted by atomic mass is 10.1. The van der Waals surface area contributed by atoms with Gasteiger partial charge in [-0.25, -0.2) is 0 Å². The normalized spacial score (nSPS) is 10.8. The molecule has 0 spiro atoms. The molecule has 0 aromatic rings. The molecule has 2 aliphatic rings. The first-order valence-corrected chi connectivity index (χ1v) is 2.98. The fourth-order valence-corrected chi connectivity index (χ4v) is 0.989. The molecule has 0 aromatic carbocycles. The van der Waals surface area contributed by atoms with Gasteiger partial charge >= 0.3 is 0 Å². The van der Waals surface area contributed by atoms with Gasteiger partial charge in [0.05, 0.1) is 0 Å². The molecule has 48 valence electrons. The van der Waals surface area contributed by atoms with Crippen molar-refractivity contribution >= 4 is 0 Å². The van der Waals surface area contributed by atoms with Crippen molar-refractivity contribution < 1.29 is 0 Å². The van der Waals surface area contributed by atoms with E-state index in [0.29, 0.717) is 5.22 Å². The van der Waals surface area contributed by atoms with Crippen LogP contribution in [0, 0.1) is 10.4 Å². The molecule has 0 radical (unpaired) electrons. The summed E-state index contributed by atoms with van der Waals surface area (Å²) in [6, 6.07) is 6.46. The van der Waals surface area contributed by atoms with Gasteiger partial charge in [-0.05, 0) is 17.4 Å². The van der Waals surface area contributed by atoms with Gasteiger partial charge < -0.3 is 0 Å². The van der Waals surface area contributed by atoms with Crippen LogP contribution < -0.4 is 10.9 Å². The summed E-state index contributed by atoms with van der Waals surface area (Å²) < 4.78 is 0. The van der Waals surface area contributed by atoms with Crippen LogP contribution in [0.3, 0.4) is 0 Å². The first-order chi connectivity index (χ1) is 4.79. The summed E-state index contributed by atoms with van der Waals surface area (Å²) in [5.74, 6) is 0. The summed E-state index contributed by atoms with van der Waals surface area (Å²) in [7, 11) is 0. The van der Waals surface area contributed by atoms with Crippen LogP contribution in [0.25, 0.3) is 0 Å². The molecule has 2 aliphatic carbocycles. The van der Waals surface area contributed by atoms with E-state index in [0.717, 1.165) is 5.22 Å². The van der Waals surface area contributed by atoms with Gasteiger partial charge in [-0.1, -0.05) is 12.1 Å². The van der Waals surface area contributed by atoms with E-state index in [9.17, 15) is 9.59 Å². The smallest absolute Gasteiger partial charge is 0.233 e. The predicted molar refractivity (Wildman–Crippen MR) is 36.7 cm³/mol. The molecule has 0 atom stereocenters. The number of hydrogen-bond acceptors (Lipinski definition) is 2. The van der Waals surface area contributed by atoms with Gasteiger partial charge in [-0.3, -0.25) is 9.59 Å². The first-order valence-electron chi connectivity index (χ1n) is 2.98. The molecule has 0 saturated heterocycles. The summed E-state index contributed by atoms with van der Waals surface area (Å²) in [5, 5.41) is 1.44. The summed E-state index contributed by atoms with van der Waals surface area (Å²) in [6.07, 6.45) is 0. The van der Waals surface area contributed by atoms with Crippen molar-refractivity contribution in [3.63, 3.8) is 0 Å². The molecule has 0 unspecified atom stereocenters. The van der Waals surface area contributed by atoms with Crippen LogP contribution in [-0.2, 0) is 0 Å². The van der Waals surface area contributed by atoms with Gasteiger partial charge in [-0.2, -0.15) is 0 Å². The van der Waals surface area contributed by atoms with Gasteiger partial charge in [0, 0.05) is 5.22 Å². The maximum Gasteiger partial charge on any atom is 0.233 e. The minimum absolute atomic E-state index is 0.375. The van der Waals surface area contributed by atoms with E-state index in [1.165, 1.54) is 6.07 Å². The van der Waals surface area contributed by atoms with Gasteiger partial charge in [0.2, 0.25) is 10.9 Å². The average Bonchev–Trinajstić information content (AvgIpc) is 1.82. The monoisotopic (exact) mass is 132 g/mol. The molecule has 0 fully saturated rings. The van der Waals surface area contributed by atoms with Crippen molar-refractivity contribution in [3.8, 4) is 0 Å². The lowest BCUT2D eigenvalue weighted by molar-refractivity contribution is 1.32. The third-order valence-corrected chi connectivity index (χ3v) is 1.62. The largest absolute Gasteiger partial charge is 0.286 e. The third kappa shape index (κ3) is 0.480. The Balaban J connectivity index is 3.27. The molecule has 2 nitrogen and oxygen atoms in total. The van der Waals surface area contributed by atoms with Crippen LogP contribution >= 0.6 is 0 Å². The Kier molecular flexibility index (Phi) is 0.822. The topological polar surface area (TPSA) is 34.1 Å². The SMILES string of the molecule is O=c1ccc2ccc=2c1=O. The highest BCUT2D eigenvalue weighted by molar-refractivity contribution is 5.19. The van der Waals surface area contributed by atoms with E-state index >= 15 is 0 Å². The lowest BCUT2D eigenvalue weighted by Gasteiger charge is -1.90. The number of hydrogen-bond donors (Lipinski definition) is 0. The second kappa shape index (κ2) is 1.53. The third-order valence-electron chi connectivity index (χ3n) is 1.62. The zero-order valence-electron chi connectivity index (χ0n) is 5.13. The van der Waals surface area contributed by atoms with Crippen molar-refractivity contribution in [3.05, 3.63) is 55.1 Å². The lowest BCUT2D eigenvalue weighted by Crippen LogP contribution is -2.24. The molecular weight excluding hydrogens is 128 g/mol. The maximum atomic E-state index is 10.9. The summed E-state index contributed by atoms with van der Waals surface area (Å²) in [5.41, 5.74) is -0.789. The van der Waals surface area contributed by atoms with Crippen molar-refractivity contribution in [1.29, 1.82) is 0 Å². The minimum Gasteiger partial charge on any atom is -0.286 e. The van der Waals surface area contributed by atoms with Gasteiger partial charge in [-0.15, -0.1) is 0 Å². The van der Waals surface area contributed by atoms with Crippen LogP contribution in [0.2, 0.25) is 0 Å². The molecule has 0 saturated carbocycles. The second-order valence-electron chi connectivity index (χ2n) is 2.23. The van der Waals surface area contributed by atoms with E-state index in [1.807, 2.05) is 6.07 Å². The second-order valence-corrected chi connectivity index (χ2v) is 2.23. The molecule has 0 heterocycles. The Hall–Kier alpha value is -1.44. The van der Waals surface area contributed by atoms with Crippen molar-refractivity contribution in [2.75, 3.05) is 0 Å². The highest BCUT2D eigenvalue weighted by Gasteiger charge is 1.98. The average molecular weight is 132 g/mol. The van der Waals surface area contributed by atoms with Crippen LogP contribution in [-0.4, -0.2) is 0 Å². The predicted octanol–water partition coefficient (Wildman–Crippen LogP) is 0.00738. The summed E-state index contributed by atoms with van der Waals surface area (Å²) in [6.45, 7) is 0. The van der Waals surface area contributed by atoms with E-state index in [2.05, 4.69) is 0 Å². The van der Waals surface area contributed by atoms with Gasteiger partial charge in [0.25, 0.3) is 0 Å². The van der Waals surface area contributed by atoms with E-state index in [4.69, 9.17) is 0 Å². The fraction of sp³-hybridized carbons (Fsp3) is 0. The number of rotatable bonds is 0. The molecule has 0 aromatic heterocycles. The van der Waals surface area contributed by atoms with Gasteiger partial charge in [0.1, 0.15) is 0 Å². The Bertz CT molecular complexity index is 489. The van der Waals surface area contributed by atoms with Crippen molar-refractivity contribution in [2.45, 2.75) is 0 Å². The molecule has 0 bridgehead atoms. The molecule has 0 amide bonds.